The Morgan fingerprint density at radius 3 is 2.47 bits per heavy atom. The van der Waals surface area contributed by atoms with Crippen molar-refractivity contribution in [1.29, 1.82) is 0 Å². The Hall–Kier alpha value is -1.78. The highest BCUT2D eigenvalue weighted by atomic mass is 16.4. The van der Waals surface area contributed by atoms with Gasteiger partial charge in [-0.15, -0.1) is 0 Å². The van der Waals surface area contributed by atoms with E-state index in [1.807, 2.05) is 19.3 Å². The number of carboxylic acids is 1. The van der Waals surface area contributed by atoms with E-state index in [-0.39, 0.29) is 11.8 Å². The summed E-state index contributed by atoms with van der Waals surface area (Å²) in [6.07, 6.45) is 2.92. The molecule has 1 fully saturated rings. The molecule has 0 bridgehead atoms. The Morgan fingerprint density at radius 2 is 2.00 bits per heavy atom. The van der Waals surface area contributed by atoms with Crippen molar-refractivity contribution in [2.75, 3.05) is 13.1 Å². The first-order valence-corrected chi connectivity index (χ1v) is 5.73. The number of hydrogen-bond donors (Lipinski definition) is 1. The van der Waals surface area contributed by atoms with E-state index in [1.54, 1.807) is 15.5 Å². The van der Waals surface area contributed by atoms with Gasteiger partial charge in [-0.05, 0) is 25.0 Å². The van der Waals surface area contributed by atoms with Crippen molar-refractivity contribution in [3.8, 4) is 0 Å². The Kier molecular flexibility index (Phi) is 3.17. The number of likely N-dealkylation sites (tertiary alicyclic amines) is 1. The molecule has 1 saturated heterocycles. The normalized spacial score (nSPS) is 17.1. The summed E-state index contributed by atoms with van der Waals surface area (Å²) >= 11 is 0. The van der Waals surface area contributed by atoms with Gasteiger partial charge in [-0.3, -0.25) is 9.59 Å². The minimum Gasteiger partial charge on any atom is -0.481 e. The molecule has 0 unspecified atom stereocenters. The molecule has 0 atom stereocenters. The molecule has 2 heterocycles. The molecule has 1 aliphatic rings. The molecule has 1 aromatic rings. The van der Waals surface area contributed by atoms with Gasteiger partial charge in [0.25, 0.3) is 5.91 Å². The third-order valence-electron chi connectivity index (χ3n) is 3.29. The predicted molar refractivity (Wildman–Crippen MR) is 61.7 cm³/mol. The average molecular weight is 236 g/mol. The average Bonchev–Trinajstić information content (AvgIpc) is 2.74. The van der Waals surface area contributed by atoms with Gasteiger partial charge in [0.15, 0.2) is 0 Å². The van der Waals surface area contributed by atoms with E-state index in [2.05, 4.69) is 0 Å². The van der Waals surface area contributed by atoms with Crippen molar-refractivity contribution in [2.45, 2.75) is 12.8 Å². The molecule has 0 aliphatic carbocycles. The maximum atomic E-state index is 12.1. The number of rotatable bonds is 2. The summed E-state index contributed by atoms with van der Waals surface area (Å²) in [6, 6.07) is 3.61. The van der Waals surface area contributed by atoms with Crippen molar-refractivity contribution < 1.29 is 14.7 Å². The van der Waals surface area contributed by atoms with Crippen LogP contribution in [0, 0.1) is 5.92 Å². The van der Waals surface area contributed by atoms with Crippen LogP contribution < -0.4 is 0 Å². The van der Waals surface area contributed by atoms with E-state index in [0.717, 1.165) is 0 Å². The molecule has 1 aromatic heterocycles. The molecule has 0 aromatic carbocycles. The van der Waals surface area contributed by atoms with Crippen LogP contribution in [0.4, 0.5) is 0 Å². The number of nitrogens with zero attached hydrogens (tertiary/aromatic N) is 2. The Morgan fingerprint density at radius 1 is 1.35 bits per heavy atom. The second kappa shape index (κ2) is 4.61. The largest absolute Gasteiger partial charge is 0.481 e. The number of carboxylic acid groups (broad SMARTS) is 1. The molecule has 1 aliphatic heterocycles. The number of carbonyl (C=O) groups excluding carboxylic acids is 1. The summed E-state index contributed by atoms with van der Waals surface area (Å²) in [6.45, 7) is 1.06. The topological polar surface area (TPSA) is 62.5 Å². The molecule has 0 spiro atoms. The second-order valence-corrected chi connectivity index (χ2v) is 4.41. The number of hydrogen-bond acceptors (Lipinski definition) is 2. The Labute approximate surface area is 99.6 Å². The van der Waals surface area contributed by atoms with Crippen molar-refractivity contribution in [2.24, 2.45) is 13.0 Å². The first-order chi connectivity index (χ1) is 8.09. The molecule has 5 heteroatoms. The van der Waals surface area contributed by atoms with Crippen molar-refractivity contribution in [3.05, 3.63) is 24.0 Å². The molecule has 92 valence electrons. The fourth-order valence-electron chi connectivity index (χ4n) is 2.17. The first kappa shape index (κ1) is 11.7. The molecular weight excluding hydrogens is 220 g/mol. The minimum absolute atomic E-state index is 0.0126. The molecular formula is C12H16N2O3. The van der Waals surface area contributed by atoms with Gasteiger partial charge >= 0.3 is 5.97 Å². The van der Waals surface area contributed by atoms with Gasteiger partial charge in [-0.25, -0.2) is 0 Å². The summed E-state index contributed by atoms with van der Waals surface area (Å²) in [7, 11) is 1.83. The van der Waals surface area contributed by atoms with E-state index in [1.165, 1.54) is 0 Å². The quantitative estimate of drug-likeness (QED) is 0.832. The lowest BCUT2D eigenvalue weighted by molar-refractivity contribution is -0.143. The number of amides is 1. The zero-order chi connectivity index (χ0) is 12.4. The van der Waals surface area contributed by atoms with E-state index >= 15 is 0 Å². The summed E-state index contributed by atoms with van der Waals surface area (Å²) in [5.41, 5.74) is 0.652. The lowest BCUT2D eigenvalue weighted by atomic mass is 9.97. The minimum atomic E-state index is -0.754. The van der Waals surface area contributed by atoms with Crippen molar-refractivity contribution >= 4 is 11.9 Å². The molecule has 1 amide bonds. The molecule has 2 rings (SSSR count). The number of aryl methyl sites for hydroxylation is 1. The van der Waals surface area contributed by atoms with Crippen LogP contribution in [0.15, 0.2) is 18.3 Å². The molecule has 1 N–H and O–H groups in total. The summed E-state index contributed by atoms with van der Waals surface area (Å²) in [5.74, 6) is -1.07. The number of carbonyl (C=O) groups is 2. The zero-order valence-corrected chi connectivity index (χ0v) is 9.80. The monoisotopic (exact) mass is 236 g/mol. The van der Waals surface area contributed by atoms with Gasteiger partial charge < -0.3 is 14.6 Å². The van der Waals surface area contributed by atoms with Crippen LogP contribution in [0.2, 0.25) is 0 Å². The SMILES string of the molecule is Cn1cccc1C(=O)N1CCC(C(=O)O)CC1. The van der Waals surface area contributed by atoms with Crippen LogP contribution in [0.3, 0.4) is 0 Å². The van der Waals surface area contributed by atoms with Crippen LogP contribution in [-0.2, 0) is 11.8 Å². The third-order valence-corrected chi connectivity index (χ3v) is 3.29. The van der Waals surface area contributed by atoms with Gasteiger partial charge in [-0.1, -0.05) is 0 Å². The maximum Gasteiger partial charge on any atom is 0.306 e. The fraction of sp³-hybridized carbons (Fsp3) is 0.500. The smallest absolute Gasteiger partial charge is 0.306 e. The molecule has 0 saturated carbocycles. The van der Waals surface area contributed by atoms with Gasteiger partial charge in [0, 0.05) is 26.3 Å². The Balaban J connectivity index is 2.00. The van der Waals surface area contributed by atoms with Gasteiger partial charge in [0.1, 0.15) is 5.69 Å². The summed E-state index contributed by atoms with van der Waals surface area (Å²) < 4.78 is 1.78. The standard InChI is InChI=1S/C12H16N2O3/c1-13-6-2-3-10(13)11(15)14-7-4-9(5-8-14)12(16)17/h2-3,6,9H,4-5,7-8H2,1H3,(H,16,17). The zero-order valence-electron chi connectivity index (χ0n) is 9.80. The highest BCUT2D eigenvalue weighted by molar-refractivity contribution is 5.92. The highest BCUT2D eigenvalue weighted by Gasteiger charge is 2.28. The Bertz CT molecular complexity index is 431. The van der Waals surface area contributed by atoms with Crippen LogP contribution >= 0.6 is 0 Å². The lowest BCUT2D eigenvalue weighted by Gasteiger charge is -2.30. The van der Waals surface area contributed by atoms with Gasteiger partial charge in [0.2, 0.25) is 0 Å². The maximum absolute atomic E-state index is 12.1. The second-order valence-electron chi connectivity index (χ2n) is 4.41. The predicted octanol–water partition coefficient (Wildman–Crippen LogP) is 0.962. The highest BCUT2D eigenvalue weighted by Crippen LogP contribution is 2.19. The molecule has 0 radical (unpaired) electrons. The summed E-state index contributed by atoms with van der Waals surface area (Å²) in [5, 5.41) is 8.88. The van der Waals surface area contributed by atoms with Crippen LogP contribution in [0.1, 0.15) is 23.3 Å². The van der Waals surface area contributed by atoms with Crippen molar-refractivity contribution in [1.82, 2.24) is 9.47 Å². The number of aromatic nitrogens is 1. The number of aliphatic carboxylic acids is 1. The van der Waals surface area contributed by atoms with Crippen LogP contribution in [0.25, 0.3) is 0 Å². The third kappa shape index (κ3) is 2.33. The van der Waals surface area contributed by atoms with E-state index in [0.29, 0.717) is 31.6 Å². The lowest BCUT2D eigenvalue weighted by Crippen LogP contribution is -2.40. The van der Waals surface area contributed by atoms with E-state index < -0.39 is 5.97 Å². The van der Waals surface area contributed by atoms with Crippen LogP contribution in [-0.4, -0.2) is 39.5 Å². The molecule has 5 nitrogen and oxygen atoms in total. The van der Waals surface area contributed by atoms with Crippen LogP contribution in [0.5, 0.6) is 0 Å². The first-order valence-electron chi connectivity index (χ1n) is 5.73. The number of piperidine rings is 1. The van der Waals surface area contributed by atoms with E-state index in [4.69, 9.17) is 5.11 Å². The molecule has 17 heavy (non-hydrogen) atoms. The summed E-state index contributed by atoms with van der Waals surface area (Å²) in [4.78, 5) is 24.7. The van der Waals surface area contributed by atoms with Gasteiger partial charge in [-0.2, -0.15) is 0 Å². The fourth-order valence-corrected chi connectivity index (χ4v) is 2.17. The van der Waals surface area contributed by atoms with Gasteiger partial charge in [0.05, 0.1) is 5.92 Å². The van der Waals surface area contributed by atoms with Crippen molar-refractivity contribution in [3.63, 3.8) is 0 Å². The van der Waals surface area contributed by atoms with E-state index in [9.17, 15) is 9.59 Å².